The Balaban J connectivity index is 2.92. The Morgan fingerprint density at radius 1 is 1.32 bits per heavy atom. The molecule has 0 spiro atoms. The Hall–Kier alpha value is -0.900. The van der Waals surface area contributed by atoms with Crippen LogP contribution >= 0.6 is 0 Å². The first-order valence-corrected chi connectivity index (χ1v) is 7.32. The second-order valence-electron chi connectivity index (χ2n) is 5.78. The van der Waals surface area contributed by atoms with E-state index < -0.39 is 0 Å². The normalized spacial score (nSPS) is 27.8. The van der Waals surface area contributed by atoms with Crippen molar-refractivity contribution in [1.29, 1.82) is 0 Å². The van der Waals surface area contributed by atoms with Crippen molar-refractivity contribution in [2.45, 2.75) is 59.0 Å². The molecular formula is C15H27NO3. The number of carbonyl (C=O) groups excluding carboxylic acids is 2. The second-order valence-corrected chi connectivity index (χ2v) is 5.78. The standard InChI is InChI=1S/C15H27NO3/c1-6-11-9-12(15(18)19-5)16(7-2)14(11)13(17)8-10(3)4/h10-12,14H,6-9H2,1-5H3/t11-,12-,14-/m1/s1. The maximum atomic E-state index is 12.5. The molecule has 1 heterocycles. The molecule has 0 N–H and O–H groups in total. The first kappa shape index (κ1) is 16.2. The summed E-state index contributed by atoms with van der Waals surface area (Å²) < 4.78 is 4.88. The number of nitrogens with zero attached hydrogens (tertiary/aromatic N) is 1. The van der Waals surface area contributed by atoms with E-state index in [0.717, 1.165) is 12.8 Å². The minimum atomic E-state index is -0.249. The van der Waals surface area contributed by atoms with Crippen molar-refractivity contribution < 1.29 is 14.3 Å². The third kappa shape index (κ3) is 3.56. The average Bonchev–Trinajstić information content (AvgIpc) is 2.75. The highest BCUT2D eigenvalue weighted by Gasteiger charge is 2.46. The van der Waals surface area contributed by atoms with Crippen LogP contribution in [-0.2, 0) is 14.3 Å². The monoisotopic (exact) mass is 269 g/mol. The van der Waals surface area contributed by atoms with Crippen molar-refractivity contribution in [1.82, 2.24) is 4.90 Å². The smallest absolute Gasteiger partial charge is 0.323 e. The second kappa shape index (κ2) is 7.04. The van der Waals surface area contributed by atoms with Gasteiger partial charge in [-0.25, -0.2) is 0 Å². The fourth-order valence-corrected chi connectivity index (χ4v) is 3.16. The topological polar surface area (TPSA) is 46.6 Å². The molecule has 4 nitrogen and oxygen atoms in total. The summed E-state index contributed by atoms with van der Waals surface area (Å²) in [5.74, 6) is 0.700. The molecular weight excluding hydrogens is 242 g/mol. The summed E-state index contributed by atoms with van der Waals surface area (Å²) in [6.45, 7) is 8.92. The number of hydrogen-bond acceptors (Lipinski definition) is 4. The lowest BCUT2D eigenvalue weighted by Gasteiger charge is -2.28. The number of likely N-dealkylation sites (N-methyl/N-ethyl adjacent to an activating group) is 1. The van der Waals surface area contributed by atoms with E-state index in [0.29, 0.717) is 18.9 Å². The van der Waals surface area contributed by atoms with Crippen molar-refractivity contribution in [3.8, 4) is 0 Å². The number of hydrogen-bond donors (Lipinski definition) is 0. The third-order valence-electron chi connectivity index (χ3n) is 4.03. The molecule has 0 aliphatic carbocycles. The predicted octanol–water partition coefficient (Wildman–Crippen LogP) is 2.26. The quantitative estimate of drug-likeness (QED) is 0.694. The first-order chi connectivity index (χ1) is 8.96. The first-order valence-electron chi connectivity index (χ1n) is 7.32. The molecule has 0 saturated carbocycles. The van der Waals surface area contributed by atoms with E-state index in [9.17, 15) is 9.59 Å². The molecule has 0 unspecified atom stereocenters. The molecule has 0 radical (unpaired) electrons. The molecule has 0 aromatic carbocycles. The largest absolute Gasteiger partial charge is 0.468 e. The zero-order valence-electron chi connectivity index (χ0n) is 12.8. The van der Waals surface area contributed by atoms with Crippen LogP contribution in [0.1, 0.15) is 47.0 Å². The summed E-state index contributed by atoms with van der Waals surface area (Å²) >= 11 is 0. The number of methoxy groups -OCH3 is 1. The molecule has 1 aliphatic heterocycles. The highest BCUT2D eigenvalue weighted by molar-refractivity contribution is 5.87. The molecule has 0 bridgehead atoms. The zero-order chi connectivity index (χ0) is 14.6. The van der Waals surface area contributed by atoms with Crippen molar-refractivity contribution in [2.24, 2.45) is 11.8 Å². The molecule has 1 fully saturated rings. The lowest BCUT2D eigenvalue weighted by atomic mass is 9.90. The van der Waals surface area contributed by atoms with Gasteiger partial charge in [0.1, 0.15) is 6.04 Å². The summed E-state index contributed by atoms with van der Waals surface area (Å²) in [5.41, 5.74) is 0. The van der Waals surface area contributed by atoms with Gasteiger partial charge in [0, 0.05) is 6.42 Å². The molecule has 110 valence electrons. The van der Waals surface area contributed by atoms with Gasteiger partial charge in [0.25, 0.3) is 0 Å². The molecule has 0 amide bonds. The number of Topliss-reactive ketones (excluding diaryl/α,β-unsaturated/α-hetero) is 1. The van der Waals surface area contributed by atoms with E-state index in [1.165, 1.54) is 7.11 Å². The Bertz CT molecular complexity index is 327. The average molecular weight is 269 g/mol. The van der Waals surface area contributed by atoms with E-state index in [-0.39, 0.29) is 29.8 Å². The molecule has 19 heavy (non-hydrogen) atoms. The molecule has 4 heteroatoms. The third-order valence-corrected chi connectivity index (χ3v) is 4.03. The maximum Gasteiger partial charge on any atom is 0.323 e. The van der Waals surface area contributed by atoms with E-state index in [1.54, 1.807) is 0 Å². The van der Waals surface area contributed by atoms with Crippen molar-refractivity contribution in [3.63, 3.8) is 0 Å². The Morgan fingerprint density at radius 2 is 1.95 bits per heavy atom. The van der Waals surface area contributed by atoms with Gasteiger partial charge in [-0.3, -0.25) is 14.5 Å². The molecule has 1 rings (SSSR count). The SMILES string of the molecule is CC[C@@H]1C[C@H](C(=O)OC)N(CC)[C@H]1C(=O)CC(C)C. The van der Waals surface area contributed by atoms with E-state index in [1.807, 2.05) is 11.8 Å². The van der Waals surface area contributed by atoms with Crippen LogP contribution in [0.3, 0.4) is 0 Å². The Morgan fingerprint density at radius 3 is 2.37 bits per heavy atom. The van der Waals surface area contributed by atoms with Crippen LogP contribution in [0, 0.1) is 11.8 Å². The minimum absolute atomic E-state index is 0.110. The number of rotatable bonds is 6. The van der Waals surface area contributed by atoms with Gasteiger partial charge >= 0.3 is 5.97 Å². The molecule has 3 atom stereocenters. The minimum Gasteiger partial charge on any atom is -0.468 e. The number of carbonyl (C=O) groups is 2. The van der Waals surface area contributed by atoms with Crippen molar-refractivity contribution in [3.05, 3.63) is 0 Å². The van der Waals surface area contributed by atoms with Crippen LogP contribution in [0.25, 0.3) is 0 Å². The summed E-state index contributed by atoms with van der Waals surface area (Å²) in [5, 5.41) is 0. The van der Waals surface area contributed by atoms with Gasteiger partial charge in [0.15, 0.2) is 5.78 Å². The summed E-state index contributed by atoms with van der Waals surface area (Å²) in [6, 6.07) is -0.359. The van der Waals surface area contributed by atoms with Crippen molar-refractivity contribution >= 4 is 11.8 Å². The van der Waals surface area contributed by atoms with Crippen LogP contribution < -0.4 is 0 Å². The molecule has 0 aromatic heterocycles. The van der Waals surface area contributed by atoms with Gasteiger partial charge in [-0.2, -0.15) is 0 Å². The number of ketones is 1. The fourth-order valence-electron chi connectivity index (χ4n) is 3.16. The lowest BCUT2D eigenvalue weighted by molar-refractivity contribution is -0.146. The summed E-state index contributed by atoms with van der Waals surface area (Å²) in [6.07, 6.45) is 2.26. The maximum absolute atomic E-state index is 12.5. The van der Waals surface area contributed by atoms with Crippen LogP contribution in [0.15, 0.2) is 0 Å². The summed E-state index contributed by atoms with van der Waals surface area (Å²) in [7, 11) is 1.42. The number of ether oxygens (including phenoxy) is 1. The Labute approximate surface area is 116 Å². The van der Waals surface area contributed by atoms with Gasteiger partial charge in [-0.1, -0.05) is 34.1 Å². The van der Waals surface area contributed by atoms with Gasteiger partial charge in [0.05, 0.1) is 13.2 Å². The van der Waals surface area contributed by atoms with Crippen LogP contribution in [0.4, 0.5) is 0 Å². The lowest BCUT2D eigenvalue weighted by Crippen LogP contribution is -2.45. The molecule has 0 aromatic rings. The Kier molecular flexibility index (Phi) is 5.98. The predicted molar refractivity (Wildman–Crippen MR) is 74.8 cm³/mol. The van der Waals surface area contributed by atoms with Crippen LogP contribution in [0.5, 0.6) is 0 Å². The van der Waals surface area contributed by atoms with E-state index >= 15 is 0 Å². The van der Waals surface area contributed by atoms with Gasteiger partial charge < -0.3 is 4.74 Å². The van der Waals surface area contributed by atoms with E-state index in [2.05, 4.69) is 20.8 Å². The van der Waals surface area contributed by atoms with Gasteiger partial charge in [0.2, 0.25) is 0 Å². The van der Waals surface area contributed by atoms with Gasteiger partial charge in [-0.15, -0.1) is 0 Å². The number of esters is 1. The van der Waals surface area contributed by atoms with Gasteiger partial charge in [-0.05, 0) is 24.8 Å². The summed E-state index contributed by atoms with van der Waals surface area (Å²) in [4.78, 5) is 26.3. The van der Waals surface area contributed by atoms with E-state index in [4.69, 9.17) is 4.74 Å². The van der Waals surface area contributed by atoms with Crippen LogP contribution in [-0.4, -0.2) is 42.4 Å². The fraction of sp³-hybridized carbons (Fsp3) is 0.867. The van der Waals surface area contributed by atoms with Crippen LogP contribution in [0.2, 0.25) is 0 Å². The molecule has 1 aliphatic rings. The van der Waals surface area contributed by atoms with Crippen molar-refractivity contribution in [2.75, 3.05) is 13.7 Å². The highest BCUT2D eigenvalue weighted by atomic mass is 16.5. The molecule has 1 saturated heterocycles. The highest BCUT2D eigenvalue weighted by Crippen LogP contribution is 2.34. The zero-order valence-corrected chi connectivity index (χ0v) is 12.8. The number of likely N-dealkylation sites (tertiary alicyclic amines) is 1.